The van der Waals surface area contributed by atoms with Crippen molar-refractivity contribution in [3.63, 3.8) is 0 Å². The predicted octanol–water partition coefficient (Wildman–Crippen LogP) is 1.07. The molecule has 4 atom stereocenters. The number of likely N-dealkylation sites (tertiary alicyclic amines) is 1. The highest BCUT2D eigenvalue weighted by atomic mass is 16.5. The summed E-state index contributed by atoms with van der Waals surface area (Å²) >= 11 is 0. The van der Waals surface area contributed by atoms with Crippen molar-refractivity contribution in [1.29, 1.82) is 0 Å². The molecule has 122 valence electrons. The maximum Gasteiger partial charge on any atom is 0.240 e. The monoisotopic (exact) mass is 297 g/mol. The van der Waals surface area contributed by atoms with Crippen LogP contribution in [0.15, 0.2) is 0 Å². The number of amides is 1. The van der Waals surface area contributed by atoms with Crippen molar-refractivity contribution in [2.75, 3.05) is 26.2 Å². The van der Waals surface area contributed by atoms with Crippen LogP contribution in [0.4, 0.5) is 0 Å². The van der Waals surface area contributed by atoms with Gasteiger partial charge in [0.2, 0.25) is 5.91 Å². The molecule has 21 heavy (non-hydrogen) atoms. The first-order chi connectivity index (χ1) is 9.88. The second kappa shape index (κ2) is 7.07. The molecule has 2 N–H and O–H groups in total. The van der Waals surface area contributed by atoms with Gasteiger partial charge in [0.15, 0.2) is 0 Å². The van der Waals surface area contributed by atoms with E-state index in [1.54, 1.807) is 0 Å². The molecule has 0 aromatic heterocycles. The van der Waals surface area contributed by atoms with Crippen molar-refractivity contribution in [2.24, 2.45) is 11.7 Å². The Labute approximate surface area is 128 Å². The SMILES string of the molecule is CC1CN(C(C(=O)N2CCCC(N)C2)C(C)C)CC(C)O1. The van der Waals surface area contributed by atoms with Gasteiger partial charge in [-0.1, -0.05) is 13.8 Å². The van der Waals surface area contributed by atoms with Gasteiger partial charge in [0.1, 0.15) is 0 Å². The standard InChI is InChI=1S/C16H31N3O2/c1-11(2)15(19-8-12(3)21-13(4)9-19)16(20)18-7-5-6-14(17)10-18/h11-15H,5-10,17H2,1-4H3. The van der Waals surface area contributed by atoms with Crippen LogP contribution in [0.1, 0.15) is 40.5 Å². The summed E-state index contributed by atoms with van der Waals surface area (Å²) in [5.74, 6) is 0.551. The fourth-order valence-electron chi connectivity index (χ4n) is 3.70. The molecule has 4 unspecified atom stereocenters. The number of ether oxygens (including phenoxy) is 1. The number of nitrogens with two attached hydrogens (primary N) is 1. The van der Waals surface area contributed by atoms with Crippen LogP contribution in [-0.4, -0.2) is 66.2 Å². The van der Waals surface area contributed by atoms with Crippen molar-refractivity contribution in [3.05, 3.63) is 0 Å². The van der Waals surface area contributed by atoms with Crippen LogP contribution < -0.4 is 5.73 Å². The molecule has 5 heteroatoms. The molecule has 0 radical (unpaired) electrons. The number of carbonyl (C=O) groups is 1. The van der Waals surface area contributed by atoms with Gasteiger partial charge in [0.25, 0.3) is 0 Å². The Morgan fingerprint density at radius 3 is 2.33 bits per heavy atom. The zero-order chi connectivity index (χ0) is 15.6. The smallest absolute Gasteiger partial charge is 0.240 e. The van der Waals surface area contributed by atoms with Crippen LogP contribution in [0.3, 0.4) is 0 Å². The average molecular weight is 297 g/mol. The molecule has 0 aliphatic carbocycles. The topological polar surface area (TPSA) is 58.8 Å². The van der Waals surface area contributed by atoms with E-state index in [1.165, 1.54) is 0 Å². The Morgan fingerprint density at radius 1 is 1.19 bits per heavy atom. The van der Waals surface area contributed by atoms with E-state index >= 15 is 0 Å². The van der Waals surface area contributed by atoms with E-state index in [1.807, 2.05) is 4.90 Å². The van der Waals surface area contributed by atoms with Crippen LogP contribution in [0.2, 0.25) is 0 Å². The van der Waals surface area contributed by atoms with E-state index in [0.29, 0.717) is 12.5 Å². The minimum absolute atomic E-state index is 0.0518. The zero-order valence-corrected chi connectivity index (χ0v) is 13.9. The van der Waals surface area contributed by atoms with Gasteiger partial charge >= 0.3 is 0 Å². The Morgan fingerprint density at radius 2 is 1.81 bits per heavy atom. The molecule has 0 spiro atoms. The molecular weight excluding hydrogens is 266 g/mol. The number of carbonyl (C=O) groups excluding carboxylic acids is 1. The molecule has 2 saturated heterocycles. The minimum atomic E-state index is -0.0518. The molecule has 1 amide bonds. The van der Waals surface area contributed by atoms with Crippen LogP contribution in [0.25, 0.3) is 0 Å². The second-order valence-electron chi connectivity index (χ2n) is 7.09. The number of rotatable bonds is 3. The molecular formula is C16H31N3O2. The number of hydrogen-bond donors (Lipinski definition) is 1. The van der Waals surface area contributed by atoms with Gasteiger partial charge in [0, 0.05) is 32.2 Å². The van der Waals surface area contributed by atoms with Crippen LogP contribution in [-0.2, 0) is 9.53 Å². The maximum absolute atomic E-state index is 13.0. The summed E-state index contributed by atoms with van der Waals surface area (Å²) in [4.78, 5) is 17.3. The van der Waals surface area contributed by atoms with Crippen molar-refractivity contribution < 1.29 is 9.53 Å². The van der Waals surface area contributed by atoms with E-state index < -0.39 is 0 Å². The summed E-state index contributed by atoms with van der Waals surface area (Å²) in [7, 11) is 0. The van der Waals surface area contributed by atoms with Gasteiger partial charge in [-0.15, -0.1) is 0 Å². The zero-order valence-electron chi connectivity index (χ0n) is 13.9. The van der Waals surface area contributed by atoms with Gasteiger partial charge in [-0.3, -0.25) is 9.69 Å². The van der Waals surface area contributed by atoms with E-state index in [-0.39, 0.29) is 30.2 Å². The summed E-state index contributed by atoms with van der Waals surface area (Å²) in [6.45, 7) is 11.7. The Hall–Kier alpha value is -0.650. The van der Waals surface area contributed by atoms with Gasteiger partial charge < -0.3 is 15.4 Å². The number of nitrogens with zero attached hydrogens (tertiary/aromatic N) is 2. The third-order valence-corrected chi connectivity index (χ3v) is 4.50. The summed E-state index contributed by atoms with van der Waals surface area (Å²) in [6.07, 6.45) is 2.42. The van der Waals surface area contributed by atoms with Crippen molar-refractivity contribution in [2.45, 2.75) is 64.8 Å². The van der Waals surface area contributed by atoms with E-state index in [2.05, 4.69) is 32.6 Å². The van der Waals surface area contributed by atoms with E-state index in [0.717, 1.165) is 32.5 Å². The van der Waals surface area contributed by atoms with Gasteiger partial charge in [-0.25, -0.2) is 0 Å². The van der Waals surface area contributed by atoms with Gasteiger partial charge in [0.05, 0.1) is 18.2 Å². The third-order valence-electron chi connectivity index (χ3n) is 4.50. The Bertz CT molecular complexity index is 351. The Kier molecular flexibility index (Phi) is 5.63. The molecule has 0 aromatic carbocycles. The molecule has 2 rings (SSSR count). The lowest BCUT2D eigenvalue weighted by molar-refractivity contribution is -0.146. The Balaban J connectivity index is 2.08. The molecule has 0 bridgehead atoms. The van der Waals surface area contributed by atoms with Crippen molar-refractivity contribution in [1.82, 2.24) is 9.80 Å². The highest BCUT2D eigenvalue weighted by Crippen LogP contribution is 2.21. The van der Waals surface area contributed by atoms with Crippen molar-refractivity contribution >= 4 is 5.91 Å². The highest BCUT2D eigenvalue weighted by molar-refractivity contribution is 5.82. The fourth-order valence-corrected chi connectivity index (χ4v) is 3.70. The number of piperidine rings is 1. The summed E-state index contributed by atoms with van der Waals surface area (Å²) in [5.41, 5.74) is 6.03. The fraction of sp³-hybridized carbons (Fsp3) is 0.938. The van der Waals surface area contributed by atoms with Gasteiger partial charge in [-0.05, 0) is 32.6 Å². The lowest BCUT2D eigenvalue weighted by Crippen LogP contribution is -2.59. The molecule has 2 fully saturated rings. The highest BCUT2D eigenvalue weighted by Gasteiger charge is 2.37. The predicted molar refractivity (Wildman–Crippen MR) is 84.0 cm³/mol. The molecule has 2 heterocycles. The number of hydrogen-bond acceptors (Lipinski definition) is 4. The molecule has 0 saturated carbocycles. The van der Waals surface area contributed by atoms with E-state index in [9.17, 15) is 4.79 Å². The van der Waals surface area contributed by atoms with Crippen molar-refractivity contribution in [3.8, 4) is 0 Å². The molecule has 0 aromatic rings. The first-order valence-electron chi connectivity index (χ1n) is 8.32. The first-order valence-corrected chi connectivity index (χ1v) is 8.32. The molecule has 2 aliphatic heterocycles. The first kappa shape index (κ1) is 16.7. The summed E-state index contributed by atoms with van der Waals surface area (Å²) < 4.78 is 5.80. The van der Waals surface area contributed by atoms with Crippen LogP contribution in [0.5, 0.6) is 0 Å². The largest absolute Gasteiger partial charge is 0.373 e. The van der Waals surface area contributed by atoms with E-state index in [4.69, 9.17) is 10.5 Å². The van der Waals surface area contributed by atoms with Gasteiger partial charge in [-0.2, -0.15) is 0 Å². The summed E-state index contributed by atoms with van der Waals surface area (Å²) in [6, 6.07) is 0.0853. The molecule has 2 aliphatic rings. The maximum atomic E-state index is 13.0. The minimum Gasteiger partial charge on any atom is -0.373 e. The summed E-state index contributed by atoms with van der Waals surface area (Å²) in [5, 5.41) is 0. The van der Waals surface area contributed by atoms with Crippen LogP contribution in [0, 0.1) is 5.92 Å². The molecule has 5 nitrogen and oxygen atoms in total. The third kappa shape index (κ3) is 4.18. The quantitative estimate of drug-likeness (QED) is 0.846. The normalized spacial score (nSPS) is 33.2. The average Bonchev–Trinajstić information content (AvgIpc) is 2.37. The lowest BCUT2D eigenvalue weighted by atomic mass is 9.97. The van der Waals surface area contributed by atoms with Crippen LogP contribution >= 0.6 is 0 Å². The number of morpholine rings is 1. The lowest BCUT2D eigenvalue weighted by Gasteiger charge is -2.43. The second-order valence-corrected chi connectivity index (χ2v) is 7.09.